The Morgan fingerprint density at radius 1 is 0.912 bits per heavy atom. The highest BCUT2D eigenvalue weighted by Crippen LogP contribution is 2.48. The summed E-state index contributed by atoms with van der Waals surface area (Å²) < 4.78 is 32.1. The third-order valence-electron chi connectivity index (χ3n) is 3.44. The number of benzene rings is 2. The molecule has 12 heteroatoms. The van der Waals surface area contributed by atoms with Crippen LogP contribution in [-0.2, 0) is 18.3 Å². The minimum absolute atomic E-state index is 0. The Balaban J connectivity index is 0. The van der Waals surface area contributed by atoms with Gasteiger partial charge in [-0.3, -0.25) is 9.36 Å². The molecule has 34 heavy (non-hydrogen) atoms. The topological polar surface area (TPSA) is 108 Å². The van der Waals surface area contributed by atoms with Crippen molar-refractivity contribution >= 4 is 53.6 Å². The molecular formula is C22H30Cl3O8P. The molecule has 0 heterocycles. The number of phenols is 1. The fourth-order valence-electron chi connectivity index (χ4n) is 2.23. The van der Waals surface area contributed by atoms with Gasteiger partial charge in [0.2, 0.25) is 0 Å². The average molecular weight is 560 g/mol. The van der Waals surface area contributed by atoms with Gasteiger partial charge in [0.05, 0.1) is 25.9 Å². The molecule has 0 aliphatic heterocycles. The standard InChI is InChI=1S/C12H15Cl2O5P.C8H7ClO3.2CH4/c1-3-18-20(16,19-4-2)8-17-11-6-9(12(14)15)5-10(13)7-11;1-12-8(11)5-2-6(9)4-7(10)3-5;;/h5-7H,3-4,8H2,1-2H3;2-4,10H,1H3;2*1H4. The van der Waals surface area contributed by atoms with Crippen LogP contribution < -0.4 is 4.74 Å². The van der Waals surface area contributed by atoms with Crippen molar-refractivity contribution in [3.05, 3.63) is 57.6 Å². The van der Waals surface area contributed by atoms with E-state index in [4.69, 9.17) is 53.7 Å². The maximum absolute atomic E-state index is 12.2. The van der Waals surface area contributed by atoms with Gasteiger partial charge in [0.1, 0.15) is 11.5 Å². The number of ether oxygens (including phenoxy) is 2. The fraction of sp³-hybridized carbons (Fsp3) is 0.364. The van der Waals surface area contributed by atoms with E-state index in [9.17, 15) is 14.2 Å². The van der Waals surface area contributed by atoms with E-state index in [0.717, 1.165) is 0 Å². The van der Waals surface area contributed by atoms with Crippen molar-refractivity contribution in [1.82, 2.24) is 0 Å². The minimum Gasteiger partial charge on any atom is -0.508 e. The summed E-state index contributed by atoms with van der Waals surface area (Å²) in [6.45, 7) is 3.88. The summed E-state index contributed by atoms with van der Waals surface area (Å²) >= 11 is 16.8. The number of carbonyl (C=O) groups is 2. The number of methoxy groups -OCH3 is 1. The van der Waals surface area contributed by atoms with Gasteiger partial charge in [-0.25, -0.2) is 4.79 Å². The fourth-order valence-corrected chi connectivity index (χ4v) is 4.11. The Hall–Kier alpha value is -1.80. The first-order chi connectivity index (χ1) is 15.0. The molecule has 2 aromatic rings. The van der Waals surface area contributed by atoms with Crippen molar-refractivity contribution in [2.75, 3.05) is 26.7 Å². The smallest absolute Gasteiger partial charge is 0.367 e. The van der Waals surface area contributed by atoms with E-state index in [-0.39, 0.29) is 62.1 Å². The van der Waals surface area contributed by atoms with Crippen molar-refractivity contribution in [3.63, 3.8) is 0 Å². The second kappa shape index (κ2) is 16.8. The summed E-state index contributed by atoms with van der Waals surface area (Å²) in [6.07, 6.45) is -0.273. The quantitative estimate of drug-likeness (QED) is 0.192. The molecule has 0 saturated heterocycles. The van der Waals surface area contributed by atoms with Gasteiger partial charge < -0.3 is 23.6 Å². The van der Waals surface area contributed by atoms with Crippen LogP contribution >= 0.6 is 42.4 Å². The van der Waals surface area contributed by atoms with Gasteiger partial charge in [-0.1, -0.05) is 38.1 Å². The van der Waals surface area contributed by atoms with Crippen LogP contribution in [-0.4, -0.2) is 43.0 Å². The van der Waals surface area contributed by atoms with Crippen molar-refractivity contribution in [3.8, 4) is 11.5 Å². The van der Waals surface area contributed by atoms with E-state index in [0.29, 0.717) is 5.02 Å². The predicted octanol–water partition coefficient (Wildman–Crippen LogP) is 7.43. The van der Waals surface area contributed by atoms with Crippen LogP contribution in [0.15, 0.2) is 36.4 Å². The highest BCUT2D eigenvalue weighted by molar-refractivity contribution is 7.53. The van der Waals surface area contributed by atoms with Crippen LogP contribution in [0.2, 0.25) is 10.0 Å². The molecule has 0 fully saturated rings. The van der Waals surface area contributed by atoms with Gasteiger partial charge in [-0.05, 0) is 61.8 Å². The average Bonchev–Trinajstić information content (AvgIpc) is 2.71. The maximum Gasteiger partial charge on any atom is 0.367 e. The molecule has 192 valence electrons. The van der Waals surface area contributed by atoms with E-state index < -0.39 is 18.8 Å². The number of hydrogen-bond donors (Lipinski definition) is 1. The molecule has 0 bridgehead atoms. The predicted molar refractivity (Wildman–Crippen MR) is 136 cm³/mol. The van der Waals surface area contributed by atoms with Gasteiger partial charge in [-0.15, -0.1) is 0 Å². The van der Waals surface area contributed by atoms with Crippen molar-refractivity contribution in [1.29, 1.82) is 0 Å². The summed E-state index contributed by atoms with van der Waals surface area (Å²) in [5, 5.41) is 8.98. The second-order valence-electron chi connectivity index (χ2n) is 5.86. The number of aromatic hydroxyl groups is 1. The number of hydrogen-bond acceptors (Lipinski definition) is 8. The lowest BCUT2D eigenvalue weighted by Gasteiger charge is -2.17. The van der Waals surface area contributed by atoms with Gasteiger partial charge >= 0.3 is 13.6 Å². The normalized spacial score (nSPS) is 10.1. The Bertz CT molecular complexity index is 954. The van der Waals surface area contributed by atoms with Crippen LogP contribution in [0.25, 0.3) is 0 Å². The SMILES string of the molecule is C.C.CCOP(=O)(COc1cc(Cl)cc(C(=O)Cl)c1)OCC.COC(=O)c1cc(O)cc(Cl)c1. The molecule has 0 unspecified atom stereocenters. The molecule has 0 saturated carbocycles. The zero-order valence-corrected chi connectivity index (χ0v) is 20.6. The van der Waals surface area contributed by atoms with Gasteiger partial charge in [0.25, 0.3) is 5.24 Å². The summed E-state index contributed by atoms with van der Waals surface area (Å²) in [6, 6.07) is 8.35. The Kier molecular flexibility index (Phi) is 16.9. The summed E-state index contributed by atoms with van der Waals surface area (Å²) in [7, 11) is -2.06. The van der Waals surface area contributed by atoms with Crippen LogP contribution in [0.3, 0.4) is 0 Å². The van der Waals surface area contributed by atoms with E-state index in [1.807, 2.05) is 0 Å². The molecule has 0 aliphatic carbocycles. The third kappa shape index (κ3) is 12.1. The molecular weight excluding hydrogens is 530 g/mol. The molecule has 0 amide bonds. The first-order valence-corrected chi connectivity index (χ1v) is 12.0. The van der Waals surface area contributed by atoms with Crippen molar-refractivity contribution in [2.24, 2.45) is 0 Å². The number of carbonyl (C=O) groups excluding carboxylic acids is 2. The lowest BCUT2D eigenvalue weighted by atomic mass is 10.2. The first-order valence-electron chi connectivity index (χ1n) is 9.12. The lowest BCUT2D eigenvalue weighted by molar-refractivity contribution is 0.0600. The lowest BCUT2D eigenvalue weighted by Crippen LogP contribution is -2.06. The van der Waals surface area contributed by atoms with Crippen LogP contribution in [0.5, 0.6) is 11.5 Å². The molecule has 0 radical (unpaired) electrons. The molecule has 1 N–H and O–H groups in total. The van der Waals surface area contributed by atoms with Crippen molar-refractivity contribution in [2.45, 2.75) is 28.7 Å². The Morgan fingerprint density at radius 3 is 1.91 bits per heavy atom. The van der Waals surface area contributed by atoms with Gasteiger partial charge in [0, 0.05) is 15.6 Å². The van der Waals surface area contributed by atoms with E-state index in [1.165, 1.54) is 43.5 Å². The van der Waals surface area contributed by atoms with Crippen LogP contribution in [0.1, 0.15) is 49.4 Å². The number of phenolic OH excluding ortho intramolecular Hbond substituents is 1. The number of rotatable bonds is 9. The third-order valence-corrected chi connectivity index (χ3v) is 5.85. The van der Waals surface area contributed by atoms with Crippen LogP contribution in [0.4, 0.5) is 0 Å². The van der Waals surface area contributed by atoms with Gasteiger partial charge in [-0.2, -0.15) is 0 Å². The Morgan fingerprint density at radius 2 is 1.44 bits per heavy atom. The Labute approximate surface area is 215 Å². The summed E-state index contributed by atoms with van der Waals surface area (Å²) in [5.74, 6) is -0.308. The molecule has 2 rings (SSSR count). The summed E-state index contributed by atoms with van der Waals surface area (Å²) in [4.78, 5) is 22.0. The van der Waals surface area contributed by atoms with Gasteiger partial charge in [0.15, 0.2) is 6.35 Å². The second-order valence-corrected chi connectivity index (χ2v) is 9.07. The molecule has 0 spiro atoms. The molecule has 0 aliphatic rings. The molecule has 0 atom stereocenters. The highest BCUT2D eigenvalue weighted by atomic mass is 35.5. The molecule has 0 aromatic heterocycles. The minimum atomic E-state index is -3.32. The maximum atomic E-state index is 12.2. The number of halogens is 3. The first kappa shape index (κ1) is 34.4. The van der Waals surface area contributed by atoms with Crippen molar-refractivity contribution < 1.29 is 37.8 Å². The monoisotopic (exact) mass is 558 g/mol. The molecule has 8 nitrogen and oxygen atoms in total. The highest BCUT2D eigenvalue weighted by Gasteiger charge is 2.25. The van der Waals surface area contributed by atoms with E-state index >= 15 is 0 Å². The summed E-state index contributed by atoms with van der Waals surface area (Å²) in [5.41, 5.74) is 0.430. The largest absolute Gasteiger partial charge is 0.508 e. The van der Waals surface area contributed by atoms with E-state index in [2.05, 4.69) is 4.74 Å². The zero-order chi connectivity index (χ0) is 24.3. The zero-order valence-electron chi connectivity index (χ0n) is 17.5. The number of esters is 1. The van der Waals surface area contributed by atoms with Crippen LogP contribution in [0, 0.1) is 0 Å². The van der Waals surface area contributed by atoms with E-state index in [1.54, 1.807) is 13.8 Å². The molecule has 2 aromatic carbocycles.